The largest absolute Gasteiger partial charge is 0.496 e. The van der Waals surface area contributed by atoms with E-state index in [0.717, 1.165) is 11.1 Å². The van der Waals surface area contributed by atoms with E-state index < -0.39 is 12.1 Å². The number of nitrogens with one attached hydrogen (secondary N) is 1. The van der Waals surface area contributed by atoms with Crippen molar-refractivity contribution in [2.24, 2.45) is 0 Å². The second kappa shape index (κ2) is 8.15. The maximum Gasteiger partial charge on any atom is 0.342 e. The Morgan fingerprint density at radius 2 is 1.83 bits per heavy atom. The molecular formula is C19H21NO4. The summed E-state index contributed by atoms with van der Waals surface area (Å²) in [7, 11) is 1.48. The number of carbonyl (C=O) groups is 2. The van der Waals surface area contributed by atoms with Crippen LogP contribution in [0.3, 0.4) is 0 Å². The van der Waals surface area contributed by atoms with Gasteiger partial charge < -0.3 is 14.8 Å². The molecule has 1 N–H and O–H groups in total. The van der Waals surface area contributed by atoms with Crippen LogP contribution in [-0.4, -0.2) is 25.1 Å². The molecule has 0 spiro atoms. The van der Waals surface area contributed by atoms with Gasteiger partial charge in [0.15, 0.2) is 6.10 Å². The third-order valence-corrected chi connectivity index (χ3v) is 3.54. The third kappa shape index (κ3) is 4.59. The zero-order valence-electron chi connectivity index (χ0n) is 14.0. The van der Waals surface area contributed by atoms with Crippen molar-refractivity contribution in [1.29, 1.82) is 0 Å². The second-order valence-electron chi connectivity index (χ2n) is 5.45. The normalized spacial score (nSPS) is 11.5. The van der Waals surface area contributed by atoms with Crippen LogP contribution in [0.4, 0.5) is 0 Å². The Morgan fingerprint density at radius 3 is 2.50 bits per heavy atom. The van der Waals surface area contributed by atoms with Gasteiger partial charge in [0.05, 0.1) is 7.11 Å². The molecule has 5 heteroatoms. The molecule has 5 nitrogen and oxygen atoms in total. The van der Waals surface area contributed by atoms with E-state index in [0.29, 0.717) is 17.9 Å². The zero-order valence-corrected chi connectivity index (χ0v) is 14.0. The smallest absolute Gasteiger partial charge is 0.342 e. The molecule has 0 unspecified atom stereocenters. The number of rotatable bonds is 6. The van der Waals surface area contributed by atoms with Crippen LogP contribution in [-0.2, 0) is 16.1 Å². The van der Waals surface area contributed by atoms with Crippen molar-refractivity contribution in [2.75, 3.05) is 7.11 Å². The maximum atomic E-state index is 12.3. The van der Waals surface area contributed by atoms with Gasteiger partial charge in [0.25, 0.3) is 5.91 Å². The van der Waals surface area contributed by atoms with Crippen LogP contribution < -0.4 is 10.1 Å². The molecule has 1 atom stereocenters. The van der Waals surface area contributed by atoms with Gasteiger partial charge in [-0.3, -0.25) is 4.79 Å². The van der Waals surface area contributed by atoms with Crippen LogP contribution in [0.5, 0.6) is 5.75 Å². The molecule has 0 saturated heterocycles. The third-order valence-electron chi connectivity index (χ3n) is 3.54. The summed E-state index contributed by atoms with van der Waals surface area (Å²) in [4.78, 5) is 24.4. The topological polar surface area (TPSA) is 64.6 Å². The van der Waals surface area contributed by atoms with Gasteiger partial charge in [-0.15, -0.1) is 0 Å². The van der Waals surface area contributed by atoms with E-state index in [-0.39, 0.29) is 5.91 Å². The summed E-state index contributed by atoms with van der Waals surface area (Å²) >= 11 is 0. The van der Waals surface area contributed by atoms with Gasteiger partial charge in [0.2, 0.25) is 0 Å². The summed E-state index contributed by atoms with van der Waals surface area (Å²) in [5.74, 6) is -0.515. The first-order valence-corrected chi connectivity index (χ1v) is 7.68. The molecule has 0 bridgehead atoms. The Kier molecular flexibility index (Phi) is 5.95. The van der Waals surface area contributed by atoms with Gasteiger partial charge in [0, 0.05) is 6.54 Å². The molecule has 0 heterocycles. The minimum atomic E-state index is -0.897. The summed E-state index contributed by atoms with van der Waals surface area (Å²) in [5.41, 5.74) is 2.19. The molecule has 126 valence electrons. The van der Waals surface area contributed by atoms with Crippen LogP contribution in [0, 0.1) is 6.92 Å². The predicted octanol–water partition coefficient (Wildman–Crippen LogP) is 2.87. The summed E-state index contributed by atoms with van der Waals surface area (Å²) in [6.45, 7) is 3.79. The molecule has 0 aromatic heterocycles. The highest BCUT2D eigenvalue weighted by Gasteiger charge is 2.21. The molecule has 0 aliphatic rings. The Bertz CT molecular complexity index is 713. The van der Waals surface area contributed by atoms with Gasteiger partial charge in [0.1, 0.15) is 11.3 Å². The highest BCUT2D eigenvalue weighted by Crippen LogP contribution is 2.21. The summed E-state index contributed by atoms with van der Waals surface area (Å²) in [6.07, 6.45) is -0.897. The number of ether oxygens (including phenoxy) is 2. The fourth-order valence-corrected chi connectivity index (χ4v) is 2.19. The summed E-state index contributed by atoms with van der Waals surface area (Å²) < 4.78 is 10.4. The first-order chi connectivity index (χ1) is 11.5. The van der Waals surface area contributed by atoms with Crippen molar-refractivity contribution < 1.29 is 19.1 Å². The number of methoxy groups -OCH3 is 1. The van der Waals surface area contributed by atoms with Crippen LogP contribution in [0.15, 0.2) is 48.5 Å². The average molecular weight is 327 g/mol. The lowest BCUT2D eigenvalue weighted by Gasteiger charge is -2.15. The van der Waals surface area contributed by atoms with E-state index in [1.165, 1.54) is 7.11 Å². The summed E-state index contributed by atoms with van der Waals surface area (Å²) in [5, 5.41) is 2.75. The van der Waals surface area contributed by atoms with E-state index in [4.69, 9.17) is 9.47 Å². The van der Waals surface area contributed by atoms with Gasteiger partial charge in [-0.05, 0) is 31.5 Å². The highest BCUT2D eigenvalue weighted by molar-refractivity contribution is 5.94. The van der Waals surface area contributed by atoms with Gasteiger partial charge >= 0.3 is 5.97 Å². The number of carbonyl (C=O) groups excluding carboxylic acids is 2. The van der Waals surface area contributed by atoms with Crippen molar-refractivity contribution in [2.45, 2.75) is 26.5 Å². The van der Waals surface area contributed by atoms with Gasteiger partial charge in [-0.2, -0.15) is 0 Å². The van der Waals surface area contributed by atoms with Crippen LogP contribution >= 0.6 is 0 Å². The SMILES string of the molecule is COc1ccc(C)cc1C(=O)O[C@H](C)C(=O)NCc1ccccc1. The second-order valence-corrected chi connectivity index (χ2v) is 5.45. The quantitative estimate of drug-likeness (QED) is 0.829. The van der Waals surface area contributed by atoms with E-state index in [9.17, 15) is 9.59 Å². The molecule has 0 saturated carbocycles. The molecule has 0 aliphatic heterocycles. The number of amides is 1. The fraction of sp³-hybridized carbons (Fsp3) is 0.263. The first-order valence-electron chi connectivity index (χ1n) is 7.68. The number of hydrogen-bond acceptors (Lipinski definition) is 4. The van der Waals surface area contributed by atoms with E-state index in [1.54, 1.807) is 19.1 Å². The van der Waals surface area contributed by atoms with Gasteiger partial charge in [-0.25, -0.2) is 4.79 Å². The lowest BCUT2D eigenvalue weighted by atomic mass is 10.1. The molecule has 2 rings (SSSR count). The van der Waals surface area contributed by atoms with Crippen molar-refractivity contribution in [1.82, 2.24) is 5.32 Å². The Labute approximate surface area is 141 Å². The van der Waals surface area contributed by atoms with Crippen molar-refractivity contribution in [3.63, 3.8) is 0 Å². The molecule has 0 aliphatic carbocycles. The Balaban J connectivity index is 1.96. The number of aryl methyl sites for hydroxylation is 1. The zero-order chi connectivity index (χ0) is 17.5. The molecule has 2 aromatic carbocycles. The lowest BCUT2D eigenvalue weighted by molar-refractivity contribution is -0.129. The summed E-state index contributed by atoms with van der Waals surface area (Å²) in [6, 6.07) is 14.7. The molecule has 2 aromatic rings. The lowest BCUT2D eigenvalue weighted by Crippen LogP contribution is -2.35. The Morgan fingerprint density at radius 1 is 1.12 bits per heavy atom. The monoisotopic (exact) mass is 327 g/mol. The molecule has 0 radical (unpaired) electrons. The standard InChI is InChI=1S/C19H21NO4/c1-13-9-10-17(23-3)16(11-13)19(22)24-14(2)18(21)20-12-15-7-5-4-6-8-15/h4-11,14H,12H2,1-3H3,(H,20,21)/t14-/m1/s1. The van der Waals surface area contributed by atoms with Crippen LogP contribution in [0.25, 0.3) is 0 Å². The van der Waals surface area contributed by atoms with E-state index in [1.807, 2.05) is 43.3 Å². The minimum Gasteiger partial charge on any atom is -0.496 e. The molecular weight excluding hydrogens is 306 g/mol. The highest BCUT2D eigenvalue weighted by atomic mass is 16.5. The number of hydrogen-bond donors (Lipinski definition) is 1. The first kappa shape index (κ1) is 17.5. The molecule has 1 amide bonds. The van der Waals surface area contributed by atoms with Crippen LogP contribution in [0.2, 0.25) is 0 Å². The van der Waals surface area contributed by atoms with E-state index in [2.05, 4.69) is 5.32 Å². The van der Waals surface area contributed by atoms with E-state index >= 15 is 0 Å². The molecule has 0 fully saturated rings. The number of benzene rings is 2. The maximum absolute atomic E-state index is 12.3. The van der Waals surface area contributed by atoms with Gasteiger partial charge in [-0.1, -0.05) is 42.0 Å². The Hall–Kier alpha value is -2.82. The average Bonchev–Trinajstić information content (AvgIpc) is 2.60. The van der Waals surface area contributed by atoms with Crippen molar-refractivity contribution in [3.05, 3.63) is 65.2 Å². The van der Waals surface area contributed by atoms with Crippen LogP contribution in [0.1, 0.15) is 28.4 Å². The van der Waals surface area contributed by atoms with Crippen molar-refractivity contribution in [3.8, 4) is 5.75 Å². The number of esters is 1. The van der Waals surface area contributed by atoms with Crippen molar-refractivity contribution >= 4 is 11.9 Å². The minimum absolute atomic E-state index is 0.306. The predicted molar refractivity (Wildman–Crippen MR) is 90.9 cm³/mol. The molecule has 24 heavy (non-hydrogen) atoms. The fourth-order valence-electron chi connectivity index (χ4n) is 2.19.